The summed E-state index contributed by atoms with van der Waals surface area (Å²) in [6, 6.07) is 23.5. The summed E-state index contributed by atoms with van der Waals surface area (Å²) in [6.45, 7) is 0.0530. The fourth-order valence-corrected chi connectivity index (χ4v) is 2.85. The third-order valence-corrected chi connectivity index (χ3v) is 4.49. The van der Waals surface area contributed by atoms with Crippen LogP contribution in [0.25, 0.3) is 0 Å². The third kappa shape index (κ3) is 4.90. The van der Waals surface area contributed by atoms with E-state index in [0.29, 0.717) is 22.0 Å². The van der Waals surface area contributed by atoms with Gasteiger partial charge in [-0.3, -0.25) is 9.59 Å². The van der Waals surface area contributed by atoms with Gasteiger partial charge >= 0.3 is 0 Å². The maximum atomic E-state index is 12.7. The Morgan fingerprint density at radius 2 is 1.64 bits per heavy atom. The fourth-order valence-electron chi connectivity index (χ4n) is 2.66. The Morgan fingerprint density at radius 1 is 0.929 bits per heavy atom. The lowest BCUT2D eigenvalue weighted by molar-refractivity contribution is -0.114. The summed E-state index contributed by atoms with van der Waals surface area (Å²) in [7, 11) is 1.73. The lowest BCUT2D eigenvalue weighted by Gasteiger charge is -2.18. The molecule has 2 amide bonds. The molecule has 0 unspecified atom stereocenters. The Bertz CT molecular complexity index is 976. The van der Waals surface area contributed by atoms with Gasteiger partial charge in [0, 0.05) is 24.0 Å². The fraction of sp³-hybridized carbons (Fsp3) is 0.0909. The van der Waals surface area contributed by atoms with Crippen LogP contribution in [0.1, 0.15) is 10.4 Å². The van der Waals surface area contributed by atoms with Crippen LogP contribution in [0.3, 0.4) is 0 Å². The summed E-state index contributed by atoms with van der Waals surface area (Å²) < 4.78 is 0. The van der Waals surface area contributed by atoms with Crippen LogP contribution in [0.4, 0.5) is 17.1 Å². The van der Waals surface area contributed by atoms with Crippen LogP contribution < -0.4 is 15.5 Å². The molecule has 0 aliphatic carbocycles. The average molecular weight is 394 g/mol. The van der Waals surface area contributed by atoms with Crippen molar-refractivity contribution >= 4 is 40.5 Å². The molecule has 0 saturated carbocycles. The van der Waals surface area contributed by atoms with Gasteiger partial charge in [-0.15, -0.1) is 0 Å². The first-order chi connectivity index (χ1) is 13.5. The van der Waals surface area contributed by atoms with Crippen molar-refractivity contribution in [2.24, 2.45) is 0 Å². The number of anilines is 3. The van der Waals surface area contributed by atoms with Gasteiger partial charge in [0.2, 0.25) is 5.91 Å². The molecule has 0 atom stereocenters. The van der Waals surface area contributed by atoms with Crippen molar-refractivity contribution < 1.29 is 9.59 Å². The molecule has 0 bridgehead atoms. The van der Waals surface area contributed by atoms with E-state index in [1.54, 1.807) is 54.4 Å². The molecule has 0 aromatic heterocycles. The topological polar surface area (TPSA) is 61.4 Å². The molecule has 5 nitrogen and oxygen atoms in total. The summed E-state index contributed by atoms with van der Waals surface area (Å²) in [5, 5.41) is 6.26. The minimum absolute atomic E-state index is 0.0530. The largest absolute Gasteiger partial charge is 0.376 e. The number of hydrogen-bond acceptors (Lipinski definition) is 3. The van der Waals surface area contributed by atoms with Crippen LogP contribution in [-0.2, 0) is 4.79 Å². The number of amides is 2. The molecule has 0 radical (unpaired) electrons. The van der Waals surface area contributed by atoms with Crippen molar-refractivity contribution in [3.05, 3.63) is 89.4 Å². The first-order valence-corrected chi connectivity index (χ1v) is 9.14. The van der Waals surface area contributed by atoms with E-state index in [-0.39, 0.29) is 18.4 Å². The predicted octanol–water partition coefficient (Wildman–Crippen LogP) is 4.67. The summed E-state index contributed by atoms with van der Waals surface area (Å²) in [4.78, 5) is 26.4. The summed E-state index contributed by atoms with van der Waals surface area (Å²) in [5.74, 6) is -0.360. The van der Waals surface area contributed by atoms with Gasteiger partial charge < -0.3 is 15.5 Å². The van der Waals surface area contributed by atoms with Gasteiger partial charge in [-0.25, -0.2) is 0 Å². The molecule has 0 spiro atoms. The van der Waals surface area contributed by atoms with Crippen molar-refractivity contribution in [2.75, 3.05) is 29.1 Å². The predicted molar refractivity (Wildman–Crippen MR) is 114 cm³/mol. The van der Waals surface area contributed by atoms with Crippen LogP contribution in [-0.4, -0.2) is 25.4 Å². The lowest BCUT2D eigenvalue weighted by Crippen LogP contribution is -2.26. The second kappa shape index (κ2) is 9.06. The smallest absolute Gasteiger partial charge is 0.258 e. The highest BCUT2D eigenvalue weighted by atomic mass is 35.5. The molecule has 3 aromatic carbocycles. The van der Waals surface area contributed by atoms with Crippen molar-refractivity contribution in [1.82, 2.24) is 0 Å². The minimum Gasteiger partial charge on any atom is -0.376 e. The van der Waals surface area contributed by atoms with E-state index in [9.17, 15) is 9.59 Å². The number of halogens is 1. The third-order valence-electron chi connectivity index (χ3n) is 4.16. The zero-order valence-corrected chi connectivity index (χ0v) is 16.1. The maximum absolute atomic E-state index is 12.7. The molecular weight excluding hydrogens is 374 g/mol. The van der Waals surface area contributed by atoms with Crippen molar-refractivity contribution in [3.8, 4) is 0 Å². The Balaban J connectivity index is 1.62. The molecule has 0 fully saturated rings. The first kappa shape index (κ1) is 19.5. The zero-order valence-electron chi connectivity index (χ0n) is 15.4. The van der Waals surface area contributed by atoms with Crippen LogP contribution in [0.5, 0.6) is 0 Å². The van der Waals surface area contributed by atoms with E-state index < -0.39 is 0 Å². The molecule has 6 heteroatoms. The lowest BCUT2D eigenvalue weighted by atomic mass is 10.1. The van der Waals surface area contributed by atoms with Crippen molar-refractivity contribution in [1.29, 1.82) is 0 Å². The summed E-state index contributed by atoms with van der Waals surface area (Å²) in [5.41, 5.74) is 2.58. The number of nitrogens with zero attached hydrogens (tertiary/aromatic N) is 1. The molecule has 3 rings (SSSR count). The van der Waals surface area contributed by atoms with Gasteiger partial charge in [0.1, 0.15) is 0 Å². The van der Waals surface area contributed by atoms with Crippen molar-refractivity contribution in [3.63, 3.8) is 0 Å². The number of rotatable bonds is 6. The van der Waals surface area contributed by atoms with E-state index in [0.717, 1.165) is 5.69 Å². The molecule has 0 aliphatic heterocycles. The van der Waals surface area contributed by atoms with Crippen LogP contribution in [0.15, 0.2) is 78.9 Å². The first-order valence-electron chi connectivity index (χ1n) is 8.76. The number of carbonyl (C=O) groups is 2. The van der Waals surface area contributed by atoms with E-state index in [4.69, 9.17) is 11.6 Å². The summed E-state index contributed by atoms with van der Waals surface area (Å²) in [6.07, 6.45) is 0. The molecule has 2 N–H and O–H groups in total. The standard InChI is InChI=1S/C22H20ClN3O2/c1-26(18-10-3-2-4-11-18)22(28)16-8-7-9-17(14-16)24-15-21(27)25-20-13-6-5-12-19(20)23/h2-14,24H,15H2,1H3,(H,25,27). The van der Waals surface area contributed by atoms with Gasteiger partial charge in [-0.05, 0) is 42.5 Å². The van der Waals surface area contributed by atoms with E-state index in [1.807, 2.05) is 36.4 Å². The highest BCUT2D eigenvalue weighted by molar-refractivity contribution is 6.33. The zero-order chi connectivity index (χ0) is 19.9. The molecular formula is C22H20ClN3O2. The number of para-hydroxylation sites is 2. The summed E-state index contributed by atoms with van der Waals surface area (Å²) >= 11 is 6.04. The molecule has 28 heavy (non-hydrogen) atoms. The van der Waals surface area contributed by atoms with E-state index in [2.05, 4.69) is 10.6 Å². The van der Waals surface area contributed by atoms with Crippen LogP contribution in [0.2, 0.25) is 5.02 Å². The Hall–Kier alpha value is -3.31. The second-order valence-corrected chi connectivity index (χ2v) is 6.57. The van der Waals surface area contributed by atoms with E-state index >= 15 is 0 Å². The molecule has 0 heterocycles. The quantitative estimate of drug-likeness (QED) is 0.639. The van der Waals surface area contributed by atoms with E-state index in [1.165, 1.54) is 0 Å². The van der Waals surface area contributed by atoms with Gasteiger partial charge in [0.05, 0.1) is 17.3 Å². The molecule has 142 valence electrons. The number of hydrogen-bond donors (Lipinski definition) is 2. The SMILES string of the molecule is CN(C(=O)c1cccc(NCC(=O)Nc2ccccc2Cl)c1)c1ccccc1. The number of carbonyl (C=O) groups excluding carboxylic acids is 2. The number of benzene rings is 3. The maximum Gasteiger partial charge on any atom is 0.258 e. The van der Waals surface area contributed by atoms with Gasteiger partial charge in [0.15, 0.2) is 0 Å². The van der Waals surface area contributed by atoms with Gasteiger partial charge in [-0.2, -0.15) is 0 Å². The average Bonchev–Trinajstić information content (AvgIpc) is 2.74. The number of nitrogens with one attached hydrogen (secondary N) is 2. The van der Waals surface area contributed by atoms with Crippen LogP contribution in [0, 0.1) is 0 Å². The highest BCUT2D eigenvalue weighted by Gasteiger charge is 2.14. The highest BCUT2D eigenvalue weighted by Crippen LogP contribution is 2.20. The van der Waals surface area contributed by atoms with Gasteiger partial charge in [-0.1, -0.05) is 48.0 Å². The Labute approximate surface area is 168 Å². The monoisotopic (exact) mass is 393 g/mol. The minimum atomic E-state index is -0.230. The second-order valence-electron chi connectivity index (χ2n) is 6.16. The normalized spacial score (nSPS) is 10.2. The molecule has 3 aromatic rings. The molecule has 0 aliphatic rings. The van der Waals surface area contributed by atoms with Crippen molar-refractivity contribution in [2.45, 2.75) is 0 Å². The van der Waals surface area contributed by atoms with Crippen LogP contribution >= 0.6 is 11.6 Å². The van der Waals surface area contributed by atoms with Gasteiger partial charge in [0.25, 0.3) is 5.91 Å². The molecule has 0 saturated heterocycles. The Morgan fingerprint density at radius 3 is 2.39 bits per heavy atom. The Kier molecular flexibility index (Phi) is 6.29.